The summed E-state index contributed by atoms with van der Waals surface area (Å²) >= 11 is 15.8. The predicted molar refractivity (Wildman–Crippen MR) is 200 cm³/mol. The highest BCUT2D eigenvalue weighted by molar-refractivity contribution is 14.1. The van der Waals surface area contributed by atoms with E-state index in [1.165, 1.54) is 15.9 Å². The van der Waals surface area contributed by atoms with E-state index in [1.807, 2.05) is 45.0 Å². The average Bonchev–Trinajstić information content (AvgIpc) is 3.34. The van der Waals surface area contributed by atoms with Crippen molar-refractivity contribution in [1.29, 1.82) is 0 Å². The smallest absolute Gasteiger partial charge is 0.338 e. The number of hydrogen-bond donors (Lipinski definition) is 0. The van der Waals surface area contributed by atoms with E-state index in [0.717, 1.165) is 14.7 Å². The number of carbonyl (C=O) groups excluding carboxylic acids is 1. The minimum absolute atomic E-state index is 0.0800. The molecule has 4 aromatic rings. The molecule has 2 heterocycles. The van der Waals surface area contributed by atoms with Gasteiger partial charge in [-0.25, -0.2) is 9.79 Å². The van der Waals surface area contributed by atoms with Crippen LogP contribution in [0.4, 0.5) is 0 Å². The molecule has 0 fully saturated rings. The summed E-state index contributed by atoms with van der Waals surface area (Å²) in [5, 5.41) is 1.05. The van der Waals surface area contributed by atoms with Gasteiger partial charge in [0.1, 0.15) is 6.61 Å². The number of carbonyl (C=O) groups is 1. The van der Waals surface area contributed by atoms with Crippen LogP contribution in [0, 0.1) is 3.57 Å². The Morgan fingerprint density at radius 3 is 2.49 bits per heavy atom. The van der Waals surface area contributed by atoms with E-state index in [2.05, 4.69) is 22.6 Å². The summed E-state index contributed by atoms with van der Waals surface area (Å²) in [6, 6.07) is 13.6. The molecular formula is C36H35Cl2IN2O7S. The molecule has 0 radical (unpaired) electrons. The van der Waals surface area contributed by atoms with E-state index in [4.69, 9.17) is 51.9 Å². The summed E-state index contributed by atoms with van der Waals surface area (Å²) in [5.74, 6) is 1.56. The van der Waals surface area contributed by atoms with Crippen molar-refractivity contribution in [2.45, 2.75) is 53.4 Å². The number of ether oxygens (including phenoxy) is 5. The van der Waals surface area contributed by atoms with Crippen LogP contribution in [0.5, 0.6) is 23.0 Å². The number of fused-ring (bicyclic) bond motifs is 1. The summed E-state index contributed by atoms with van der Waals surface area (Å²) in [6.07, 6.45) is 1.71. The zero-order chi connectivity index (χ0) is 35.4. The van der Waals surface area contributed by atoms with Crippen molar-refractivity contribution in [2.24, 2.45) is 4.99 Å². The first-order valence-electron chi connectivity index (χ1n) is 15.5. The van der Waals surface area contributed by atoms with Gasteiger partial charge in [-0.05, 0) is 111 Å². The van der Waals surface area contributed by atoms with Crippen LogP contribution in [0.3, 0.4) is 0 Å². The van der Waals surface area contributed by atoms with Crippen LogP contribution in [0.1, 0.15) is 57.4 Å². The van der Waals surface area contributed by atoms with Crippen LogP contribution in [-0.4, -0.2) is 37.0 Å². The van der Waals surface area contributed by atoms with Crippen molar-refractivity contribution >= 4 is 69.2 Å². The highest BCUT2D eigenvalue weighted by atomic mass is 127. The number of allylic oxidation sites excluding steroid dienone is 1. The summed E-state index contributed by atoms with van der Waals surface area (Å²) in [6.45, 7) is 10.00. The van der Waals surface area contributed by atoms with Gasteiger partial charge in [0.25, 0.3) is 5.56 Å². The molecule has 0 saturated heterocycles. The van der Waals surface area contributed by atoms with Crippen LogP contribution in [-0.2, 0) is 16.1 Å². The van der Waals surface area contributed by atoms with Crippen molar-refractivity contribution in [3.05, 3.63) is 110 Å². The molecule has 0 N–H and O–H groups in total. The van der Waals surface area contributed by atoms with Gasteiger partial charge in [-0.15, -0.1) is 0 Å². The lowest BCUT2D eigenvalue weighted by atomic mass is 9.95. The molecule has 1 atom stereocenters. The molecule has 1 aliphatic heterocycles. The van der Waals surface area contributed by atoms with Crippen LogP contribution < -0.4 is 33.8 Å². The van der Waals surface area contributed by atoms with E-state index in [9.17, 15) is 9.59 Å². The van der Waals surface area contributed by atoms with Gasteiger partial charge in [-0.3, -0.25) is 9.36 Å². The summed E-state index contributed by atoms with van der Waals surface area (Å²) in [5.41, 5.74) is 2.58. The number of aromatic nitrogens is 1. The largest absolute Gasteiger partial charge is 0.493 e. The molecule has 0 aliphatic carbocycles. The second-order valence-electron chi connectivity index (χ2n) is 11.2. The molecule has 5 rings (SSSR count). The van der Waals surface area contributed by atoms with E-state index in [0.29, 0.717) is 60.2 Å². The van der Waals surface area contributed by atoms with Crippen molar-refractivity contribution in [3.8, 4) is 23.0 Å². The third kappa shape index (κ3) is 8.11. The molecule has 0 saturated carbocycles. The lowest BCUT2D eigenvalue weighted by molar-refractivity contribution is -0.139. The molecular weight excluding hydrogens is 802 g/mol. The maximum absolute atomic E-state index is 14.3. The minimum Gasteiger partial charge on any atom is -0.493 e. The lowest BCUT2D eigenvalue weighted by Gasteiger charge is -2.25. The Bertz CT molecular complexity index is 2110. The van der Waals surface area contributed by atoms with Gasteiger partial charge in [-0.1, -0.05) is 46.7 Å². The zero-order valence-corrected chi connectivity index (χ0v) is 32.3. The molecule has 258 valence electrons. The Hall–Kier alpha value is -3.52. The number of nitrogens with zero attached hydrogens (tertiary/aromatic N) is 2. The molecule has 13 heteroatoms. The maximum atomic E-state index is 14.3. The highest BCUT2D eigenvalue weighted by Crippen LogP contribution is 2.38. The average molecular weight is 838 g/mol. The number of methoxy groups -OCH3 is 1. The molecule has 1 aromatic heterocycles. The third-order valence-corrected chi connectivity index (χ3v) is 9.77. The first-order chi connectivity index (χ1) is 23.4. The fraction of sp³-hybridized carbons (Fsp3) is 0.306. The number of rotatable bonds is 12. The van der Waals surface area contributed by atoms with Gasteiger partial charge in [-0.2, -0.15) is 0 Å². The Kier molecular flexibility index (Phi) is 12.0. The minimum atomic E-state index is -0.811. The second kappa shape index (κ2) is 16.0. The Labute approximate surface area is 311 Å². The molecule has 0 unspecified atom stereocenters. The third-order valence-electron chi connectivity index (χ3n) is 7.40. The predicted octanol–water partition coefficient (Wildman–Crippen LogP) is 7.48. The number of benzene rings is 3. The van der Waals surface area contributed by atoms with E-state index in [1.54, 1.807) is 51.3 Å². The van der Waals surface area contributed by atoms with E-state index >= 15 is 0 Å². The Balaban J connectivity index is 1.60. The van der Waals surface area contributed by atoms with E-state index < -0.39 is 12.0 Å². The highest BCUT2D eigenvalue weighted by Gasteiger charge is 2.34. The zero-order valence-electron chi connectivity index (χ0n) is 27.8. The summed E-state index contributed by atoms with van der Waals surface area (Å²) in [4.78, 5) is 32.8. The van der Waals surface area contributed by atoms with Crippen LogP contribution in [0.2, 0.25) is 10.0 Å². The SMILES string of the molecule is CCOC(=O)C1=C(C)N=c2s/c(=C/c3cc(I)c(OCc4ccc(Cl)cc4Cl)c(OCC)c3)c(=O)n2[C@H]1c1ccc(OC(C)C)c(OC)c1. The Morgan fingerprint density at radius 1 is 1.04 bits per heavy atom. The summed E-state index contributed by atoms with van der Waals surface area (Å²) in [7, 11) is 1.55. The maximum Gasteiger partial charge on any atom is 0.338 e. The molecule has 0 spiro atoms. The van der Waals surface area contributed by atoms with Gasteiger partial charge in [0, 0.05) is 15.6 Å². The number of esters is 1. The topological polar surface area (TPSA) is 97.6 Å². The molecule has 9 nitrogen and oxygen atoms in total. The van der Waals surface area contributed by atoms with Crippen LogP contribution in [0.25, 0.3) is 6.08 Å². The van der Waals surface area contributed by atoms with Gasteiger partial charge in [0.05, 0.1) is 51.8 Å². The van der Waals surface area contributed by atoms with Crippen molar-refractivity contribution in [1.82, 2.24) is 4.57 Å². The van der Waals surface area contributed by atoms with Crippen LogP contribution >= 0.6 is 57.1 Å². The fourth-order valence-corrected chi connectivity index (χ4v) is 7.62. The van der Waals surface area contributed by atoms with E-state index in [-0.39, 0.29) is 30.5 Å². The van der Waals surface area contributed by atoms with Gasteiger partial charge in [0.15, 0.2) is 27.8 Å². The van der Waals surface area contributed by atoms with Gasteiger partial charge >= 0.3 is 5.97 Å². The number of hydrogen-bond acceptors (Lipinski definition) is 9. The molecule has 0 bridgehead atoms. The monoisotopic (exact) mass is 836 g/mol. The van der Waals surface area contributed by atoms with Gasteiger partial charge < -0.3 is 23.7 Å². The second-order valence-corrected chi connectivity index (χ2v) is 14.2. The lowest BCUT2D eigenvalue weighted by Crippen LogP contribution is -2.40. The fourth-order valence-electron chi connectivity index (χ4n) is 5.33. The number of halogens is 3. The van der Waals surface area contributed by atoms with Crippen molar-refractivity contribution in [2.75, 3.05) is 20.3 Å². The standard InChI is InChI=1S/C36H35Cl2IN2O7S/c1-7-45-29-14-21(13-26(39)33(29)47-18-23-9-11-24(37)17-25(23)38)15-30-34(42)41-32(22-10-12-27(48-19(3)4)28(16-22)44-6)31(35(43)46-8-2)20(5)40-36(41)49-30/h9-17,19,32H,7-8,18H2,1-6H3/b30-15+/t32-/m0/s1. The normalized spacial score (nSPS) is 14.4. The van der Waals surface area contributed by atoms with Crippen molar-refractivity contribution < 1.29 is 28.5 Å². The van der Waals surface area contributed by atoms with Gasteiger partial charge in [0.2, 0.25) is 0 Å². The summed E-state index contributed by atoms with van der Waals surface area (Å²) < 4.78 is 31.9. The van der Waals surface area contributed by atoms with Crippen LogP contribution in [0.15, 0.2) is 69.6 Å². The molecule has 49 heavy (non-hydrogen) atoms. The number of thiazole rings is 1. The first-order valence-corrected chi connectivity index (χ1v) is 18.2. The quantitative estimate of drug-likeness (QED) is 0.108. The first kappa shape index (κ1) is 36.8. The molecule has 0 amide bonds. The van der Waals surface area contributed by atoms with Crippen molar-refractivity contribution in [3.63, 3.8) is 0 Å². The molecule has 3 aromatic carbocycles. The Morgan fingerprint density at radius 2 is 1.82 bits per heavy atom. The molecule has 1 aliphatic rings.